The minimum atomic E-state index is -4.38. The zero-order valence-electron chi connectivity index (χ0n) is 20.2. The van der Waals surface area contributed by atoms with Crippen LogP contribution in [0.3, 0.4) is 0 Å². The van der Waals surface area contributed by atoms with E-state index in [9.17, 15) is 22.8 Å². The molecule has 1 aromatic rings. The van der Waals surface area contributed by atoms with Crippen molar-refractivity contribution in [3.05, 3.63) is 35.9 Å². The van der Waals surface area contributed by atoms with Crippen LogP contribution in [0.15, 0.2) is 30.3 Å². The number of rotatable bonds is 4. The van der Waals surface area contributed by atoms with Crippen molar-refractivity contribution < 1.29 is 22.8 Å². The number of piperidine rings is 1. The number of halogens is 3. The van der Waals surface area contributed by atoms with Crippen LogP contribution < -0.4 is 5.32 Å². The molecule has 1 aliphatic heterocycles. The fourth-order valence-electron chi connectivity index (χ4n) is 8.71. The lowest BCUT2D eigenvalue weighted by molar-refractivity contribution is -0.153. The van der Waals surface area contributed by atoms with Crippen LogP contribution in [0.2, 0.25) is 0 Å². The number of nitrogens with one attached hydrogen (secondary N) is 1. The van der Waals surface area contributed by atoms with Gasteiger partial charge in [0.2, 0.25) is 5.91 Å². The molecule has 1 N–H and O–H groups in total. The maximum Gasteiger partial charge on any atom is 0.390 e. The van der Waals surface area contributed by atoms with E-state index in [0.29, 0.717) is 36.2 Å². The molecule has 0 bridgehead atoms. The minimum Gasteiger partial charge on any atom is -0.353 e. The smallest absolute Gasteiger partial charge is 0.353 e. The third kappa shape index (κ3) is 3.89. The van der Waals surface area contributed by atoms with E-state index in [4.69, 9.17) is 0 Å². The summed E-state index contributed by atoms with van der Waals surface area (Å²) >= 11 is 0. The van der Waals surface area contributed by atoms with Crippen molar-refractivity contribution in [2.24, 2.45) is 34.5 Å². The van der Waals surface area contributed by atoms with Gasteiger partial charge < -0.3 is 5.32 Å². The van der Waals surface area contributed by atoms with Crippen molar-refractivity contribution >= 4 is 11.7 Å². The van der Waals surface area contributed by atoms with Gasteiger partial charge in [0.25, 0.3) is 0 Å². The maximum atomic E-state index is 13.8. The number of ketones is 1. The molecule has 1 amide bonds. The third-order valence-corrected chi connectivity index (χ3v) is 10.4. The number of carbonyl (C=O) groups excluding carboxylic acids is 2. The normalized spacial score (nSPS) is 40.5. The SMILES string of the molecule is C[C@]12CCC(=O)N[C@@H]1CC[C@@H]1[C@@H]2CC[C@]2(C)[C@@H](C(=O)C(CC(F)(F)F)c3ccccc3)CC[C@@H]12. The Kier molecular flexibility index (Phi) is 5.88. The summed E-state index contributed by atoms with van der Waals surface area (Å²) in [6.07, 6.45) is 1.54. The Morgan fingerprint density at radius 3 is 2.41 bits per heavy atom. The molecule has 0 aromatic heterocycles. The summed E-state index contributed by atoms with van der Waals surface area (Å²) in [5.74, 6) is -0.118. The van der Waals surface area contributed by atoms with Crippen LogP contribution in [0.4, 0.5) is 13.2 Å². The van der Waals surface area contributed by atoms with Gasteiger partial charge in [-0.05, 0) is 79.1 Å². The van der Waals surface area contributed by atoms with E-state index < -0.39 is 18.5 Å². The lowest BCUT2D eigenvalue weighted by atomic mass is 9.46. The predicted molar refractivity (Wildman–Crippen MR) is 124 cm³/mol. The Balaban J connectivity index is 1.40. The van der Waals surface area contributed by atoms with Gasteiger partial charge in [0.05, 0.1) is 12.3 Å². The second-order valence-electron chi connectivity index (χ2n) is 11.9. The molecule has 0 spiro atoms. The fraction of sp³-hybridized carbons (Fsp3) is 0.714. The highest BCUT2D eigenvalue weighted by Crippen LogP contribution is 2.66. The van der Waals surface area contributed by atoms with Gasteiger partial charge in [-0.15, -0.1) is 0 Å². The molecule has 1 heterocycles. The topological polar surface area (TPSA) is 46.2 Å². The average Bonchev–Trinajstić information content (AvgIpc) is 3.15. The molecule has 3 saturated carbocycles. The molecule has 5 rings (SSSR count). The molecule has 1 aromatic carbocycles. The summed E-state index contributed by atoms with van der Waals surface area (Å²) < 4.78 is 40.6. The molecule has 4 aliphatic rings. The highest BCUT2D eigenvalue weighted by molar-refractivity contribution is 5.89. The van der Waals surface area contributed by atoms with Gasteiger partial charge in [0.15, 0.2) is 0 Å². The van der Waals surface area contributed by atoms with Gasteiger partial charge in [0.1, 0.15) is 5.78 Å². The molecule has 1 unspecified atom stereocenters. The molecule has 3 nitrogen and oxygen atoms in total. The van der Waals surface area contributed by atoms with E-state index in [2.05, 4.69) is 19.2 Å². The number of fused-ring (bicyclic) bond motifs is 5. The van der Waals surface area contributed by atoms with Crippen LogP contribution in [0, 0.1) is 34.5 Å². The van der Waals surface area contributed by atoms with Gasteiger partial charge in [-0.25, -0.2) is 0 Å². The second kappa shape index (κ2) is 8.37. The zero-order chi connectivity index (χ0) is 24.3. The molecule has 3 aliphatic carbocycles. The average molecular weight is 476 g/mol. The third-order valence-electron chi connectivity index (χ3n) is 10.4. The molecule has 6 heteroatoms. The van der Waals surface area contributed by atoms with Gasteiger partial charge in [0, 0.05) is 18.4 Å². The van der Waals surface area contributed by atoms with Crippen molar-refractivity contribution in [3.63, 3.8) is 0 Å². The standard InChI is InChI=1S/C28H36F3NO2/c1-26-14-12-21-18(8-11-23-27(21,2)15-13-24(33)32-23)20(26)9-10-22(26)25(34)19(16-28(29,30)31)17-6-4-3-5-7-17/h3-7,18-23H,8-16H2,1-2H3,(H,32,33)/t18-,19?,20-,21-,22+,23+,26-,27+/m0/s1. The Hall–Kier alpha value is -1.85. The summed E-state index contributed by atoms with van der Waals surface area (Å²) in [4.78, 5) is 25.8. The quantitative estimate of drug-likeness (QED) is 0.546. The van der Waals surface area contributed by atoms with Crippen molar-refractivity contribution in [1.29, 1.82) is 0 Å². The largest absolute Gasteiger partial charge is 0.390 e. The Labute approximate surface area is 200 Å². The highest BCUT2D eigenvalue weighted by Gasteiger charge is 2.62. The van der Waals surface area contributed by atoms with Crippen LogP contribution in [0.5, 0.6) is 0 Å². The first-order valence-electron chi connectivity index (χ1n) is 13.0. The van der Waals surface area contributed by atoms with E-state index in [-0.39, 0.29) is 34.5 Å². The lowest BCUT2D eigenvalue weighted by Crippen LogP contribution is -2.61. The molecule has 34 heavy (non-hydrogen) atoms. The second-order valence-corrected chi connectivity index (χ2v) is 11.9. The summed E-state index contributed by atoms with van der Waals surface area (Å²) in [6, 6.07) is 8.78. The Morgan fingerprint density at radius 2 is 1.71 bits per heavy atom. The van der Waals surface area contributed by atoms with E-state index in [1.165, 1.54) is 0 Å². The number of carbonyl (C=O) groups is 2. The monoisotopic (exact) mass is 475 g/mol. The minimum absolute atomic E-state index is 0.0864. The molecule has 4 fully saturated rings. The number of hydrogen-bond donors (Lipinski definition) is 1. The first kappa shape index (κ1) is 23.9. The van der Waals surface area contributed by atoms with Crippen molar-refractivity contribution in [2.75, 3.05) is 0 Å². The summed E-state index contributed by atoms with van der Waals surface area (Å²) in [5, 5.41) is 3.24. The molecule has 186 valence electrons. The van der Waals surface area contributed by atoms with Gasteiger partial charge >= 0.3 is 6.18 Å². The van der Waals surface area contributed by atoms with Crippen molar-refractivity contribution in [1.82, 2.24) is 5.32 Å². The number of alkyl halides is 3. The van der Waals surface area contributed by atoms with Crippen molar-refractivity contribution in [3.8, 4) is 0 Å². The number of benzene rings is 1. The van der Waals surface area contributed by atoms with E-state index in [1.54, 1.807) is 30.3 Å². The lowest BCUT2D eigenvalue weighted by Gasteiger charge is -2.60. The molecular weight excluding hydrogens is 439 g/mol. The first-order chi connectivity index (χ1) is 16.0. The Morgan fingerprint density at radius 1 is 1.00 bits per heavy atom. The molecular formula is C28H36F3NO2. The predicted octanol–water partition coefficient (Wildman–Crippen LogP) is 6.43. The number of hydrogen-bond acceptors (Lipinski definition) is 2. The van der Waals surface area contributed by atoms with Crippen LogP contribution in [0.1, 0.15) is 83.1 Å². The maximum absolute atomic E-state index is 13.8. The van der Waals surface area contributed by atoms with Gasteiger partial charge in [-0.1, -0.05) is 44.2 Å². The zero-order valence-corrected chi connectivity index (χ0v) is 20.2. The fourth-order valence-corrected chi connectivity index (χ4v) is 8.71. The summed E-state index contributed by atoms with van der Waals surface area (Å²) in [5.41, 5.74) is 0.331. The number of amides is 1. The van der Waals surface area contributed by atoms with Crippen LogP contribution in [0.25, 0.3) is 0 Å². The Bertz CT molecular complexity index is 947. The van der Waals surface area contributed by atoms with Gasteiger partial charge in [-0.3, -0.25) is 9.59 Å². The highest BCUT2D eigenvalue weighted by atomic mass is 19.4. The van der Waals surface area contributed by atoms with Crippen molar-refractivity contribution in [2.45, 2.75) is 89.8 Å². The van der Waals surface area contributed by atoms with Crippen LogP contribution in [-0.4, -0.2) is 23.9 Å². The molecule has 0 radical (unpaired) electrons. The van der Waals surface area contributed by atoms with Gasteiger partial charge in [-0.2, -0.15) is 13.2 Å². The van der Waals surface area contributed by atoms with E-state index >= 15 is 0 Å². The van der Waals surface area contributed by atoms with E-state index in [0.717, 1.165) is 38.5 Å². The molecule has 8 atom stereocenters. The number of Topliss-reactive ketones (excluding diaryl/α,β-unsaturated/α-hetero) is 1. The van der Waals surface area contributed by atoms with E-state index in [1.807, 2.05) is 0 Å². The summed E-state index contributed by atoms with van der Waals surface area (Å²) in [6.45, 7) is 4.53. The van der Waals surface area contributed by atoms with Crippen LogP contribution in [-0.2, 0) is 9.59 Å². The molecule has 1 saturated heterocycles. The summed E-state index contributed by atoms with van der Waals surface area (Å²) in [7, 11) is 0. The van der Waals surface area contributed by atoms with Crippen LogP contribution >= 0.6 is 0 Å². The first-order valence-corrected chi connectivity index (χ1v) is 13.0.